The van der Waals surface area contributed by atoms with Crippen LogP contribution in [0.2, 0.25) is 5.02 Å². The van der Waals surface area contributed by atoms with E-state index in [4.69, 9.17) is 26.2 Å². The van der Waals surface area contributed by atoms with Gasteiger partial charge in [-0.1, -0.05) is 48.0 Å². The van der Waals surface area contributed by atoms with Crippen LogP contribution < -0.4 is 15.0 Å². The van der Waals surface area contributed by atoms with Gasteiger partial charge >= 0.3 is 0 Å². The lowest BCUT2D eigenvalue weighted by atomic mass is 9.96. The molecule has 43 heavy (non-hydrogen) atoms. The van der Waals surface area contributed by atoms with Crippen molar-refractivity contribution in [3.63, 3.8) is 0 Å². The van der Waals surface area contributed by atoms with Gasteiger partial charge in [-0.25, -0.2) is 4.68 Å². The number of aryl methyl sites for hydroxylation is 1. The summed E-state index contributed by atoms with van der Waals surface area (Å²) in [6, 6.07) is 23.3. The summed E-state index contributed by atoms with van der Waals surface area (Å²) < 4.78 is 12.9. The van der Waals surface area contributed by atoms with Gasteiger partial charge in [0.1, 0.15) is 18.1 Å². The second-order valence-corrected chi connectivity index (χ2v) is 12.2. The zero-order valence-corrected chi connectivity index (χ0v) is 25.7. The molecular weight excluding hydrogens is 584 g/mol. The third-order valence-electron chi connectivity index (χ3n) is 7.85. The molecule has 0 aliphatic carbocycles. The lowest BCUT2D eigenvalue weighted by Crippen LogP contribution is -2.44. The molecule has 0 saturated carbocycles. The van der Waals surface area contributed by atoms with Gasteiger partial charge in [0.15, 0.2) is 0 Å². The molecule has 10 heteroatoms. The van der Waals surface area contributed by atoms with Crippen molar-refractivity contribution in [2.24, 2.45) is 0 Å². The summed E-state index contributed by atoms with van der Waals surface area (Å²) in [7, 11) is 1.62. The highest BCUT2D eigenvalue weighted by atomic mass is 35.5. The second kappa shape index (κ2) is 12.8. The Labute approximate surface area is 260 Å². The maximum absolute atomic E-state index is 13.9. The van der Waals surface area contributed by atoms with Crippen molar-refractivity contribution in [1.82, 2.24) is 15.1 Å². The van der Waals surface area contributed by atoms with Crippen LogP contribution in [0.1, 0.15) is 34.8 Å². The van der Waals surface area contributed by atoms with Crippen LogP contribution in [-0.2, 0) is 14.3 Å². The van der Waals surface area contributed by atoms with Crippen LogP contribution in [0.25, 0.3) is 16.9 Å². The fraction of sp³-hybridized carbons (Fsp3) is 0.303. The number of halogens is 1. The summed E-state index contributed by atoms with van der Waals surface area (Å²) in [5, 5.41) is 8.54. The van der Waals surface area contributed by atoms with E-state index in [0.717, 1.165) is 46.5 Å². The lowest BCUT2D eigenvalue weighted by molar-refractivity contribution is -0.123. The highest BCUT2D eigenvalue weighted by molar-refractivity contribution is 8.00. The molecule has 0 unspecified atom stereocenters. The molecule has 1 fully saturated rings. The minimum absolute atomic E-state index is 0.00155. The predicted molar refractivity (Wildman–Crippen MR) is 170 cm³/mol. The Hall–Kier alpha value is -3.79. The summed E-state index contributed by atoms with van der Waals surface area (Å²) in [5.74, 6) is 1.08. The van der Waals surface area contributed by atoms with E-state index in [9.17, 15) is 9.59 Å². The molecule has 3 aromatic carbocycles. The zero-order chi connectivity index (χ0) is 29.9. The first kappa shape index (κ1) is 29.3. The quantitative estimate of drug-likeness (QED) is 0.262. The topological polar surface area (TPSA) is 85.7 Å². The summed E-state index contributed by atoms with van der Waals surface area (Å²) in [5.41, 5.74) is 5.41. The number of nitrogens with one attached hydrogen (secondary N) is 1. The number of fused-ring (bicyclic) bond motifs is 1. The van der Waals surface area contributed by atoms with Gasteiger partial charge in [-0.2, -0.15) is 5.10 Å². The summed E-state index contributed by atoms with van der Waals surface area (Å²) in [4.78, 5) is 28.9. The fourth-order valence-electron chi connectivity index (χ4n) is 5.60. The molecular formula is C33H33ClN4O4S. The summed E-state index contributed by atoms with van der Waals surface area (Å²) in [6.45, 7) is 3.07. The van der Waals surface area contributed by atoms with Crippen LogP contribution in [-0.4, -0.2) is 60.3 Å². The van der Waals surface area contributed by atoms with Crippen LogP contribution in [0.15, 0.2) is 72.8 Å². The molecule has 1 N–H and O–H groups in total. The number of carbonyl (C=O) groups excluding carboxylic acids is 2. The molecule has 0 radical (unpaired) electrons. The number of hydrogen-bond acceptors (Lipinski definition) is 6. The van der Waals surface area contributed by atoms with Crippen LogP contribution in [0.4, 0.5) is 5.82 Å². The number of carbonyl (C=O) groups is 2. The number of benzene rings is 3. The maximum Gasteiger partial charge on any atom is 0.240 e. The molecule has 0 spiro atoms. The molecule has 2 aliphatic rings. The van der Waals surface area contributed by atoms with Crippen LogP contribution in [0.3, 0.4) is 0 Å². The number of aromatic nitrogens is 2. The van der Waals surface area contributed by atoms with E-state index in [1.165, 1.54) is 0 Å². The number of nitrogens with zero attached hydrogens (tertiary/aromatic N) is 3. The van der Waals surface area contributed by atoms with Crippen LogP contribution in [0, 0.1) is 6.92 Å². The number of methoxy groups -OCH3 is 1. The Kier molecular flexibility index (Phi) is 8.74. The molecule has 3 heterocycles. The first-order valence-electron chi connectivity index (χ1n) is 14.3. The smallest absolute Gasteiger partial charge is 0.240 e. The van der Waals surface area contributed by atoms with E-state index in [2.05, 4.69) is 24.4 Å². The van der Waals surface area contributed by atoms with Crippen molar-refractivity contribution in [3.05, 3.63) is 94.5 Å². The number of hydrogen-bond donors (Lipinski definition) is 1. The first-order chi connectivity index (χ1) is 20.9. The summed E-state index contributed by atoms with van der Waals surface area (Å²) >= 11 is 7.82. The number of anilines is 1. The van der Waals surface area contributed by atoms with Crippen molar-refractivity contribution in [2.75, 3.05) is 37.5 Å². The molecule has 6 rings (SSSR count). The lowest BCUT2D eigenvalue weighted by Gasteiger charge is -2.24. The van der Waals surface area contributed by atoms with E-state index in [1.54, 1.807) is 28.5 Å². The minimum Gasteiger partial charge on any atom is -0.497 e. The third-order valence-corrected chi connectivity index (χ3v) is 9.34. The van der Waals surface area contributed by atoms with Gasteiger partial charge in [0.25, 0.3) is 0 Å². The van der Waals surface area contributed by atoms with Crippen LogP contribution in [0.5, 0.6) is 5.75 Å². The Morgan fingerprint density at radius 3 is 2.58 bits per heavy atom. The molecule has 4 aromatic rings. The highest BCUT2D eigenvalue weighted by Crippen LogP contribution is 2.49. The maximum atomic E-state index is 13.9. The minimum atomic E-state index is -0.246. The average Bonchev–Trinajstić information content (AvgIpc) is 3.66. The van der Waals surface area contributed by atoms with Crippen molar-refractivity contribution in [2.45, 2.75) is 31.1 Å². The molecule has 2 amide bonds. The largest absolute Gasteiger partial charge is 0.497 e. The van der Waals surface area contributed by atoms with Crippen molar-refractivity contribution in [1.29, 1.82) is 0 Å². The van der Waals surface area contributed by atoms with Gasteiger partial charge in [0.2, 0.25) is 11.8 Å². The SMILES string of the molecule is COc1ccc(-n2nc(-c3ccc(Cl)cc3)c3c2N(CC(=O)NC[C@H]2CCCO2)C(=O)CS[C@H]3c2ccccc2C)cc1. The fourth-order valence-corrected chi connectivity index (χ4v) is 7.02. The Morgan fingerprint density at radius 2 is 1.88 bits per heavy atom. The van der Waals surface area contributed by atoms with E-state index in [1.807, 2.05) is 60.7 Å². The number of thioether (sulfide) groups is 1. The Morgan fingerprint density at radius 1 is 1.12 bits per heavy atom. The third kappa shape index (κ3) is 6.16. The van der Waals surface area contributed by atoms with Gasteiger partial charge in [-0.15, -0.1) is 11.8 Å². The Balaban J connectivity index is 1.53. The normalized spacial score (nSPS) is 18.3. The van der Waals surface area contributed by atoms with E-state index in [0.29, 0.717) is 29.7 Å². The monoisotopic (exact) mass is 616 g/mol. The van der Waals surface area contributed by atoms with E-state index in [-0.39, 0.29) is 35.5 Å². The van der Waals surface area contributed by atoms with Gasteiger partial charge in [-0.3, -0.25) is 14.5 Å². The Bertz CT molecular complexity index is 1620. The predicted octanol–water partition coefficient (Wildman–Crippen LogP) is 5.97. The van der Waals surface area contributed by atoms with Crippen molar-refractivity contribution >= 4 is 41.0 Å². The van der Waals surface area contributed by atoms with Gasteiger partial charge in [0, 0.05) is 29.3 Å². The molecule has 1 saturated heterocycles. The molecule has 2 aliphatic heterocycles. The molecule has 1 aromatic heterocycles. The van der Waals surface area contributed by atoms with E-state index < -0.39 is 0 Å². The highest BCUT2D eigenvalue weighted by Gasteiger charge is 2.38. The van der Waals surface area contributed by atoms with Crippen molar-refractivity contribution in [3.8, 4) is 22.7 Å². The number of rotatable bonds is 8. The van der Waals surface area contributed by atoms with Gasteiger partial charge in [-0.05, 0) is 67.3 Å². The summed E-state index contributed by atoms with van der Waals surface area (Å²) in [6.07, 6.45) is 1.90. The molecule has 2 atom stereocenters. The second-order valence-electron chi connectivity index (χ2n) is 10.7. The average molecular weight is 617 g/mol. The number of amides is 2. The van der Waals surface area contributed by atoms with Crippen molar-refractivity contribution < 1.29 is 19.1 Å². The zero-order valence-electron chi connectivity index (χ0n) is 24.1. The van der Waals surface area contributed by atoms with E-state index >= 15 is 0 Å². The molecule has 222 valence electrons. The van der Waals surface area contributed by atoms with Crippen LogP contribution >= 0.6 is 23.4 Å². The molecule has 0 bridgehead atoms. The first-order valence-corrected chi connectivity index (χ1v) is 15.7. The van der Waals surface area contributed by atoms with Gasteiger partial charge < -0.3 is 14.8 Å². The standard InChI is InChI=1S/C33H33ClN4O4S/c1-21-6-3-4-8-27(21)32-30-31(22-9-11-23(34)12-10-22)36-38(24-13-15-25(41-2)16-14-24)33(30)37(29(40)20-43-32)19-28(39)35-18-26-7-5-17-42-26/h3-4,6,8-16,26,32H,5,7,17-20H2,1-2H3,(H,35,39)/t26-,32+/m1/s1. The molecule has 8 nitrogen and oxygen atoms in total. The number of ether oxygens (including phenoxy) is 2. The van der Waals surface area contributed by atoms with Gasteiger partial charge in [0.05, 0.1) is 35.6 Å².